The number of ether oxygens (including phenoxy) is 1. The van der Waals surface area contributed by atoms with Gasteiger partial charge < -0.3 is 10.1 Å². The first-order valence-electron chi connectivity index (χ1n) is 10.6. The van der Waals surface area contributed by atoms with Gasteiger partial charge in [0.05, 0.1) is 13.2 Å². The van der Waals surface area contributed by atoms with Crippen LogP contribution < -0.4 is 10.1 Å². The summed E-state index contributed by atoms with van der Waals surface area (Å²) in [5, 5.41) is 2.87. The van der Waals surface area contributed by atoms with Crippen LogP contribution in [0.2, 0.25) is 0 Å². The van der Waals surface area contributed by atoms with E-state index in [2.05, 4.69) is 24.1 Å². The van der Waals surface area contributed by atoms with Gasteiger partial charge in [0, 0.05) is 31.9 Å². The molecule has 2 saturated heterocycles. The van der Waals surface area contributed by atoms with Gasteiger partial charge in [-0.2, -0.15) is 4.31 Å². The van der Waals surface area contributed by atoms with Crippen LogP contribution in [0.5, 0.6) is 5.75 Å². The number of likely N-dealkylation sites (tertiary alicyclic amines) is 1. The van der Waals surface area contributed by atoms with Crippen molar-refractivity contribution >= 4 is 21.6 Å². The van der Waals surface area contributed by atoms with E-state index >= 15 is 0 Å². The highest BCUT2D eigenvalue weighted by Crippen LogP contribution is 2.31. The Morgan fingerprint density at radius 3 is 2.45 bits per heavy atom. The molecule has 3 rings (SSSR count). The fraction of sp³-hybridized carbons (Fsp3) is 0.667. The monoisotopic (exact) mass is 423 g/mol. The Morgan fingerprint density at radius 1 is 1.17 bits per heavy atom. The number of carbonyl (C=O) groups is 1. The van der Waals surface area contributed by atoms with Crippen molar-refractivity contribution in [3.05, 3.63) is 18.2 Å². The van der Waals surface area contributed by atoms with Crippen LogP contribution in [0, 0.1) is 11.8 Å². The molecule has 8 heteroatoms. The summed E-state index contributed by atoms with van der Waals surface area (Å²) in [5.41, 5.74) is 0.481. The number of sulfonamides is 1. The van der Waals surface area contributed by atoms with Gasteiger partial charge in [-0.3, -0.25) is 9.69 Å². The first-order chi connectivity index (χ1) is 13.8. The fourth-order valence-corrected chi connectivity index (χ4v) is 6.13. The van der Waals surface area contributed by atoms with Gasteiger partial charge in [0.25, 0.3) is 0 Å². The minimum absolute atomic E-state index is 0.124. The van der Waals surface area contributed by atoms with Crippen LogP contribution in [0.25, 0.3) is 0 Å². The molecule has 0 radical (unpaired) electrons. The lowest BCUT2D eigenvalue weighted by Gasteiger charge is -2.34. The molecule has 7 nitrogen and oxygen atoms in total. The molecule has 1 aromatic rings. The molecule has 2 fully saturated rings. The van der Waals surface area contributed by atoms with Crippen LogP contribution in [0.1, 0.15) is 40.0 Å². The van der Waals surface area contributed by atoms with Crippen molar-refractivity contribution in [2.75, 3.05) is 44.6 Å². The van der Waals surface area contributed by atoms with Crippen molar-refractivity contribution in [2.24, 2.45) is 11.8 Å². The van der Waals surface area contributed by atoms with E-state index in [1.807, 2.05) is 6.92 Å². The molecule has 1 aromatic carbocycles. The van der Waals surface area contributed by atoms with Crippen molar-refractivity contribution in [3.63, 3.8) is 0 Å². The number of carbonyl (C=O) groups excluding carboxylic acids is 1. The molecule has 0 unspecified atom stereocenters. The van der Waals surface area contributed by atoms with E-state index in [-0.39, 0.29) is 10.8 Å². The van der Waals surface area contributed by atoms with E-state index in [4.69, 9.17) is 4.74 Å². The number of nitrogens with one attached hydrogen (secondary N) is 1. The first-order valence-corrected chi connectivity index (χ1v) is 12.0. The van der Waals surface area contributed by atoms with Crippen LogP contribution in [0.3, 0.4) is 0 Å². The zero-order valence-corrected chi connectivity index (χ0v) is 18.5. The van der Waals surface area contributed by atoms with Gasteiger partial charge in [-0.25, -0.2) is 8.42 Å². The average molecular weight is 424 g/mol. The minimum Gasteiger partial charge on any atom is -0.492 e. The van der Waals surface area contributed by atoms with Crippen LogP contribution in [-0.4, -0.2) is 62.9 Å². The van der Waals surface area contributed by atoms with Crippen LogP contribution in [0.15, 0.2) is 23.1 Å². The molecule has 2 aliphatic heterocycles. The maximum atomic E-state index is 13.1. The molecule has 0 saturated carbocycles. The van der Waals surface area contributed by atoms with Crippen molar-refractivity contribution < 1.29 is 17.9 Å². The predicted molar refractivity (Wildman–Crippen MR) is 114 cm³/mol. The smallest absolute Gasteiger partial charge is 0.246 e. The molecule has 2 atom stereocenters. The van der Waals surface area contributed by atoms with E-state index in [0.717, 1.165) is 25.9 Å². The number of nitrogens with zero attached hydrogens (tertiary/aromatic N) is 2. The highest BCUT2D eigenvalue weighted by atomic mass is 32.2. The number of hydrogen-bond acceptors (Lipinski definition) is 5. The number of piperidine rings is 1. The van der Waals surface area contributed by atoms with Crippen molar-refractivity contribution in [2.45, 2.75) is 44.9 Å². The predicted octanol–water partition coefficient (Wildman–Crippen LogP) is 2.79. The van der Waals surface area contributed by atoms with Gasteiger partial charge in [0.2, 0.25) is 15.9 Å². The molecule has 0 aromatic heterocycles. The van der Waals surface area contributed by atoms with Crippen LogP contribution in [-0.2, 0) is 14.8 Å². The van der Waals surface area contributed by atoms with E-state index in [0.29, 0.717) is 49.5 Å². The van der Waals surface area contributed by atoms with Crippen molar-refractivity contribution in [1.29, 1.82) is 0 Å². The highest BCUT2D eigenvalue weighted by Gasteiger charge is 2.30. The fourth-order valence-electron chi connectivity index (χ4n) is 4.45. The molecule has 2 heterocycles. The Hall–Kier alpha value is -1.64. The summed E-state index contributed by atoms with van der Waals surface area (Å²) in [4.78, 5) is 14.9. The van der Waals surface area contributed by atoms with Gasteiger partial charge in [-0.1, -0.05) is 13.8 Å². The maximum Gasteiger partial charge on any atom is 0.246 e. The summed E-state index contributed by atoms with van der Waals surface area (Å²) in [6.45, 7) is 9.81. The Kier molecular flexibility index (Phi) is 7.19. The van der Waals surface area contributed by atoms with Crippen LogP contribution >= 0.6 is 0 Å². The van der Waals surface area contributed by atoms with E-state index < -0.39 is 10.0 Å². The summed E-state index contributed by atoms with van der Waals surface area (Å²) in [6.07, 6.45) is 2.92. The molecule has 0 bridgehead atoms. The molecule has 29 heavy (non-hydrogen) atoms. The zero-order valence-electron chi connectivity index (χ0n) is 17.7. The summed E-state index contributed by atoms with van der Waals surface area (Å²) >= 11 is 0. The first kappa shape index (κ1) is 22.1. The third kappa shape index (κ3) is 5.49. The van der Waals surface area contributed by atoms with Crippen molar-refractivity contribution in [1.82, 2.24) is 9.21 Å². The average Bonchev–Trinajstić information content (AvgIpc) is 3.17. The van der Waals surface area contributed by atoms with E-state index in [9.17, 15) is 13.2 Å². The molecular formula is C21H33N3O4S. The quantitative estimate of drug-likeness (QED) is 0.730. The third-order valence-corrected chi connectivity index (χ3v) is 7.44. The molecule has 1 amide bonds. The maximum absolute atomic E-state index is 13.1. The van der Waals surface area contributed by atoms with E-state index in [1.165, 1.54) is 16.8 Å². The topological polar surface area (TPSA) is 79.0 Å². The highest BCUT2D eigenvalue weighted by molar-refractivity contribution is 7.89. The normalized spacial score (nSPS) is 23.8. The van der Waals surface area contributed by atoms with Gasteiger partial charge in [0.15, 0.2) is 0 Å². The number of rotatable bonds is 7. The standard InChI is InChI=1S/C21H33N3O4S/c1-4-28-19-8-7-18(12-20(19)29(26,27)24-9-5-6-10-24)22-21(25)15-23-13-16(2)11-17(3)14-23/h7-8,12,16-17H,4-6,9-11,13-15H2,1-3H3,(H,22,25)/t16-,17-/m1/s1. The lowest BCUT2D eigenvalue weighted by Crippen LogP contribution is -2.42. The molecule has 0 aliphatic carbocycles. The molecular weight excluding hydrogens is 390 g/mol. The SMILES string of the molecule is CCOc1ccc(NC(=O)CN2C[C@H](C)C[C@@H](C)C2)cc1S(=O)(=O)N1CCCC1. The third-order valence-electron chi connectivity index (χ3n) is 5.52. The van der Waals surface area contributed by atoms with E-state index in [1.54, 1.807) is 12.1 Å². The number of hydrogen-bond donors (Lipinski definition) is 1. The summed E-state index contributed by atoms with van der Waals surface area (Å²) < 4.78 is 33.2. The molecule has 0 spiro atoms. The Balaban J connectivity index is 1.75. The second-order valence-corrected chi connectivity index (χ2v) is 10.3. The summed E-state index contributed by atoms with van der Waals surface area (Å²) in [5.74, 6) is 1.36. The van der Waals surface area contributed by atoms with Gasteiger partial charge in [0.1, 0.15) is 10.6 Å². The Bertz CT molecular complexity index is 811. The summed E-state index contributed by atoms with van der Waals surface area (Å²) in [7, 11) is -3.64. The van der Waals surface area contributed by atoms with Crippen molar-refractivity contribution in [3.8, 4) is 5.75 Å². The Morgan fingerprint density at radius 2 is 1.83 bits per heavy atom. The Labute approximate surface area is 174 Å². The lowest BCUT2D eigenvalue weighted by molar-refractivity contribution is -0.117. The lowest BCUT2D eigenvalue weighted by atomic mass is 9.92. The molecule has 2 aliphatic rings. The largest absolute Gasteiger partial charge is 0.492 e. The minimum atomic E-state index is -3.64. The van der Waals surface area contributed by atoms with Crippen LogP contribution in [0.4, 0.5) is 5.69 Å². The van der Waals surface area contributed by atoms with Gasteiger partial charge in [-0.15, -0.1) is 0 Å². The zero-order chi connectivity index (χ0) is 21.0. The van der Waals surface area contributed by atoms with Gasteiger partial charge >= 0.3 is 0 Å². The van der Waals surface area contributed by atoms with Gasteiger partial charge in [-0.05, 0) is 56.2 Å². The number of benzene rings is 1. The molecule has 162 valence electrons. The number of anilines is 1. The number of amides is 1. The molecule has 1 N–H and O–H groups in total. The second kappa shape index (κ2) is 9.45. The summed E-state index contributed by atoms with van der Waals surface area (Å²) in [6, 6.07) is 4.86. The second-order valence-electron chi connectivity index (χ2n) is 8.39.